The Balaban J connectivity index is 0.000000720. The summed E-state index contributed by atoms with van der Waals surface area (Å²) < 4.78 is 0. The molecule has 0 aliphatic heterocycles. The summed E-state index contributed by atoms with van der Waals surface area (Å²) in [5.41, 5.74) is 0. The third-order valence-electron chi connectivity index (χ3n) is 1.72. The molecule has 2 rings (SSSR count). The molecule has 0 bridgehead atoms. The zero-order valence-electron chi connectivity index (χ0n) is 6.95. The zero-order chi connectivity index (χ0) is 7.68. The Morgan fingerprint density at radius 2 is 1.50 bits per heavy atom. The van der Waals surface area contributed by atoms with Gasteiger partial charge < -0.3 is 5.11 Å². The van der Waals surface area contributed by atoms with Crippen LogP contribution in [-0.2, 0) is 0 Å². The van der Waals surface area contributed by atoms with Crippen molar-refractivity contribution in [2.75, 3.05) is 0 Å². The minimum Gasteiger partial charge on any atom is -0.872 e. The molecular formula is C10H7KO. The molecule has 2 aromatic rings. The van der Waals surface area contributed by atoms with Gasteiger partial charge in [-0.3, -0.25) is 0 Å². The van der Waals surface area contributed by atoms with Crippen LogP contribution in [0.2, 0.25) is 0 Å². The maximum Gasteiger partial charge on any atom is 1.00 e. The number of hydrogen-bond acceptors (Lipinski definition) is 1. The Hall–Kier alpha value is 0.136. The van der Waals surface area contributed by atoms with Crippen LogP contribution in [0.15, 0.2) is 42.5 Å². The molecule has 54 valence electrons. The predicted molar refractivity (Wildman–Crippen MR) is 43.4 cm³/mol. The summed E-state index contributed by atoms with van der Waals surface area (Å²) in [7, 11) is 0. The van der Waals surface area contributed by atoms with Crippen LogP contribution in [0.4, 0.5) is 0 Å². The molecular weight excluding hydrogens is 175 g/mol. The first-order valence-electron chi connectivity index (χ1n) is 3.52. The van der Waals surface area contributed by atoms with E-state index in [0.717, 1.165) is 10.8 Å². The molecule has 0 aliphatic carbocycles. The predicted octanol–water partition coefficient (Wildman–Crippen LogP) is -1.08. The first-order chi connectivity index (χ1) is 5.36. The van der Waals surface area contributed by atoms with Gasteiger partial charge in [0.05, 0.1) is 0 Å². The summed E-state index contributed by atoms with van der Waals surface area (Å²) >= 11 is 0. The van der Waals surface area contributed by atoms with Crippen LogP contribution in [0.5, 0.6) is 5.75 Å². The SMILES string of the molecule is [K+].[O-]c1ccc2ccccc2c1. The van der Waals surface area contributed by atoms with E-state index >= 15 is 0 Å². The van der Waals surface area contributed by atoms with Gasteiger partial charge in [-0.15, -0.1) is 5.75 Å². The molecule has 0 heterocycles. The average molecular weight is 182 g/mol. The van der Waals surface area contributed by atoms with Gasteiger partial charge in [-0.2, -0.15) is 0 Å². The van der Waals surface area contributed by atoms with Crippen LogP contribution in [-0.4, -0.2) is 0 Å². The average Bonchev–Trinajstić information content (AvgIpc) is 2.04. The van der Waals surface area contributed by atoms with Gasteiger partial charge in [-0.25, -0.2) is 0 Å². The number of benzene rings is 2. The molecule has 0 spiro atoms. The number of hydrogen-bond donors (Lipinski definition) is 0. The molecule has 2 heteroatoms. The minimum absolute atomic E-state index is 0. The van der Waals surface area contributed by atoms with Crippen molar-refractivity contribution in [1.29, 1.82) is 0 Å². The van der Waals surface area contributed by atoms with E-state index in [1.807, 2.05) is 30.3 Å². The molecule has 0 unspecified atom stereocenters. The van der Waals surface area contributed by atoms with E-state index in [4.69, 9.17) is 0 Å². The smallest absolute Gasteiger partial charge is 0.872 e. The van der Waals surface area contributed by atoms with E-state index in [9.17, 15) is 5.11 Å². The van der Waals surface area contributed by atoms with Gasteiger partial charge in [-0.1, -0.05) is 42.5 Å². The van der Waals surface area contributed by atoms with Crippen molar-refractivity contribution in [1.82, 2.24) is 0 Å². The van der Waals surface area contributed by atoms with E-state index in [1.165, 1.54) is 0 Å². The van der Waals surface area contributed by atoms with Gasteiger partial charge >= 0.3 is 51.4 Å². The van der Waals surface area contributed by atoms with Crippen molar-refractivity contribution in [3.8, 4) is 5.75 Å². The summed E-state index contributed by atoms with van der Waals surface area (Å²) in [6.45, 7) is 0. The summed E-state index contributed by atoms with van der Waals surface area (Å²) in [5.74, 6) is 0.0729. The fourth-order valence-corrected chi connectivity index (χ4v) is 1.17. The van der Waals surface area contributed by atoms with E-state index in [1.54, 1.807) is 12.1 Å². The largest absolute Gasteiger partial charge is 1.00 e. The van der Waals surface area contributed by atoms with Crippen molar-refractivity contribution in [3.05, 3.63) is 42.5 Å². The molecule has 12 heavy (non-hydrogen) atoms. The van der Waals surface area contributed by atoms with E-state index in [0.29, 0.717) is 0 Å². The minimum atomic E-state index is 0. The van der Waals surface area contributed by atoms with Crippen LogP contribution in [0.25, 0.3) is 10.8 Å². The Kier molecular flexibility index (Phi) is 3.74. The van der Waals surface area contributed by atoms with Crippen molar-refractivity contribution >= 4 is 10.8 Å². The number of fused-ring (bicyclic) bond motifs is 1. The molecule has 0 radical (unpaired) electrons. The van der Waals surface area contributed by atoms with E-state index in [2.05, 4.69) is 0 Å². The third kappa shape index (κ3) is 2.09. The Morgan fingerprint density at radius 1 is 0.833 bits per heavy atom. The monoisotopic (exact) mass is 182 g/mol. The van der Waals surface area contributed by atoms with Crippen molar-refractivity contribution in [3.63, 3.8) is 0 Å². The van der Waals surface area contributed by atoms with Crippen LogP contribution in [0, 0.1) is 0 Å². The summed E-state index contributed by atoms with van der Waals surface area (Å²) in [4.78, 5) is 0. The van der Waals surface area contributed by atoms with Gasteiger partial charge in [0.2, 0.25) is 0 Å². The Bertz CT molecular complexity index is 384. The molecule has 0 aromatic heterocycles. The van der Waals surface area contributed by atoms with Crippen LogP contribution >= 0.6 is 0 Å². The molecule has 1 nitrogen and oxygen atoms in total. The first kappa shape index (κ1) is 10.2. The summed E-state index contributed by atoms with van der Waals surface area (Å²) in [5, 5.41) is 13.0. The zero-order valence-corrected chi connectivity index (χ0v) is 10.1. The second-order valence-electron chi connectivity index (χ2n) is 2.51. The summed E-state index contributed by atoms with van der Waals surface area (Å²) in [6, 6.07) is 12.9. The second-order valence-corrected chi connectivity index (χ2v) is 2.51. The van der Waals surface area contributed by atoms with Crippen molar-refractivity contribution in [2.24, 2.45) is 0 Å². The van der Waals surface area contributed by atoms with Crippen LogP contribution in [0.3, 0.4) is 0 Å². The normalized spacial score (nSPS) is 9.33. The van der Waals surface area contributed by atoms with Gasteiger partial charge in [0, 0.05) is 0 Å². The number of rotatable bonds is 0. The van der Waals surface area contributed by atoms with Gasteiger partial charge in [0.15, 0.2) is 0 Å². The molecule has 0 saturated carbocycles. The Morgan fingerprint density at radius 3 is 2.25 bits per heavy atom. The molecule has 0 N–H and O–H groups in total. The quantitative estimate of drug-likeness (QED) is 0.475. The van der Waals surface area contributed by atoms with E-state index in [-0.39, 0.29) is 57.1 Å². The van der Waals surface area contributed by atoms with Crippen molar-refractivity contribution in [2.45, 2.75) is 0 Å². The summed E-state index contributed by atoms with van der Waals surface area (Å²) in [6.07, 6.45) is 0. The topological polar surface area (TPSA) is 23.1 Å². The maximum absolute atomic E-state index is 10.9. The molecule has 0 atom stereocenters. The first-order valence-corrected chi connectivity index (χ1v) is 3.52. The van der Waals surface area contributed by atoms with Gasteiger partial charge in [0.25, 0.3) is 0 Å². The standard InChI is InChI=1S/C10H8O.K/c11-10-6-5-8-3-1-2-4-9(8)7-10;/h1-7,11H;/q;+1/p-1. The molecule has 2 aromatic carbocycles. The molecule has 0 saturated heterocycles. The van der Waals surface area contributed by atoms with E-state index < -0.39 is 0 Å². The Labute approximate surface area is 114 Å². The molecule has 0 fully saturated rings. The van der Waals surface area contributed by atoms with Gasteiger partial charge in [-0.05, 0) is 10.8 Å². The van der Waals surface area contributed by atoms with Crippen molar-refractivity contribution < 1.29 is 56.5 Å². The second kappa shape index (κ2) is 4.39. The fourth-order valence-electron chi connectivity index (χ4n) is 1.17. The third-order valence-corrected chi connectivity index (χ3v) is 1.72. The van der Waals surface area contributed by atoms with Crippen LogP contribution < -0.4 is 56.5 Å². The maximum atomic E-state index is 10.9. The van der Waals surface area contributed by atoms with Crippen LogP contribution in [0.1, 0.15) is 0 Å². The molecule has 0 aliphatic rings. The molecule has 0 amide bonds. The van der Waals surface area contributed by atoms with Gasteiger partial charge in [0.1, 0.15) is 0 Å². The fraction of sp³-hybridized carbons (Fsp3) is 0.